The Balaban J connectivity index is 2.19. The summed E-state index contributed by atoms with van der Waals surface area (Å²) < 4.78 is 2.95. The van der Waals surface area contributed by atoms with Gasteiger partial charge in [0, 0.05) is 11.5 Å². The second kappa shape index (κ2) is 5.36. The third-order valence-electron chi connectivity index (χ3n) is 3.09. The second-order valence-corrected chi connectivity index (χ2v) is 5.07. The van der Waals surface area contributed by atoms with Gasteiger partial charge >= 0.3 is 0 Å². The van der Waals surface area contributed by atoms with Crippen molar-refractivity contribution in [2.75, 3.05) is 0 Å². The molecular formula is C14H14BrN3. The highest BCUT2D eigenvalue weighted by Gasteiger charge is 2.11. The molecule has 0 saturated carbocycles. The normalized spacial score (nSPS) is 10.3. The maximum absolute atomic E-state index is 9.14. The van der Waals surface area contributed by atoms with Crippen LogP contribution in [0.5, 0.6) is 0 Å². The molecule has 0 atom stereocenters. The molecule has 3 nitrogen and oxygen atoms in total. The Morgan fingerprint density at radius 2 is 2.06 bits per heavy atom. The average molecular weight is 304 g/mol. The summed E-state index contributed by atoms with van der Waals surface area (Å²) in [5.41, 5.74) is 2.79. The molecule has 2 rings (SSSR count). The number of hydrogen-bond acceptors (Lipinski definition) is 2. The van der Waals surface area contributed by atoms with Crippen molar-refractivity contribution in [3.05, 3.63) is 51.5 Å². The fourth-order valence-corrected chi connectivity index (χ4v) is 2.43. The third-order valence-corrected chi connectivity index (χ3v) is 3.86. The quantitative estimate of drug-likeness (QED) is 0.874. The van der Waals surface area contributed by atoms with Crippen LogP contribution < -0.4 is 0 Å². The number of benzene rings is 1. The molecule has 0 aliphatic heterocycles. The van der Waals surface area contributed by atoms with Crippen molar-refractivity contribution in [2.45, 2.75) is 19.8 Å². The van der Waals surface area contributed by atoms with Crippen molar-refractivity contribution in [3.63, 3.8) is 0 Å². The lowest BCUT2D eigenvalue weighted by Crippen LogP contribution is -1.98. The van der Waals surface area contributed by atoms with E-state index < -0.39 is 0 Å². The largest absolute Gasteiger partial charge is 0.323 e. The van der Waals surface area contributed by atoms with Gasteiger partial charge < -0.3 is 4.57 Å². The van der Waals surface area contributed by atoms with E-state index in [4.69, 9.17) is 5.26 Å². The average Bonchev–Trinajstić information content (AvgIpc) is 2.64. The summed E-state index contributed by atoms with van der Waals surface area (Å²) in [4.78, 5) is 4.45. The summed E-state index contributed by atoms with van der Waals surface area (Å²) in [6.07, 6.45) is 1.67. The Bertz CT molecular complexity index is 608. The van der Waals surface area contributed by atoms with E-state index >= 15 is 0 Å². The van der Waals surface area contributed by atoms with Gasteiger partial charge in [0.1, 0.15) is 17.6 Å². The lowest BCUT2D eigenvalue weighted by molar-refractivity contribution is 0.844. The number of hydrogen-bond donors (Lipinski definition) is 0. The second-order valence-electron chi connectivity index (χ2n) is 4.22. The maximum Gasteiger partial charge on any atom is 0.143 e. The van der Waals surface area contributed by atoms with E-state index in [1.54, 1.807) is 0 Å². The van der Waals surface area contributed by atoms with Crippen molar-refractivity contribution < 1.29 is 0 Å². The standard InChI is InChI=1S/C14H14BrN3/c1-10-17-13(14(9-16)18(10)2)8-7-11-5-3-4-6-12(11)15/h3-6H,7-8H2,1-2H3. The Morgan fingerprint density at radius 1 is 1.33 bits per heavy atom. The summed E-state index contributed by atoms with van der Waals surface area (Å²) in [7, 11) is 1.88. The lowest BCUT2D eigenvalue weighted by Gasteiger charge is -2.03. The zero-order valence-corrected chi connectivity index (χ0v) is 12.0. The van der Waals surface area contributed by atoms with Crippen LogP contribution in [0.3, 0.4) is 0 Å². The van der Waals surface area contributed by atoms with Gasteiger partial charge in [0.2, 0.25) is 0 Å². The van der Waals surface area contributed by atoms with Crippen LogP contribution in [0.25, 0.3) is 0 Å². The Morgan fingerprint density at radius 3 is 2.72 bits per heavy atom. The summed E-state index contributed by atoms with van der Waals surface area (Å²) in [6, 6.07) is 10.4. The Hall–Kier alpha value is -1.60. The van der Waals surface area contributed by atoms with Crippen molar-refractivity contribution in [1.29, 1.82) is 5.26 Å². The minimum atomic E-state index is 0.666. The molecule has 18 heavy (non-hydrogen) atoms. The summed E-state index contributed by atoms with van der Waals surface area (Å²) in [6.45, 7) is 1.92. The van der Waals surface area contributed by atoms with Gasteiger partial charge in [0.15, 0.2) is 0 Å². The van der Waals surface area contributed by atoms with Crippen LogP contribution in [-0.2, 0) is 19.9 Å². The fourth-order valence-electron chi connectivity index (χ4n) is 1.95. The summed E-state index contributed by atoms with van der Waals surface area (Å²) in [5.74, 6) is 0.883. The van der Waals surface area contributed by atoms with Crippen molar-refractivity contribution >= 4 is 15.9 Å². The van der Waals surface area contributed by atoms with Gasteiger partial charge in [-0.3, -0.25) is 0 Å². The minimum Gasteiger partial charge on any atom is -0.323 e. The molecule has 0 fully saturated rings. The molecule has 0 amide bonds. The smallest absolute Gasteiger partial charge is 0.143 e. The molecule has 0 N–H and O–H groups in total. The molecule has 0 radical (unpaired) electrons. The van der Waals surface area contributed by atoms with Crippen LogP contribution in [0, 0.1) is 18.3 Å². The van der Waals surface area contributed by atoms with E-state index in [-0.39, 0.29) is 0 Å². The monoisotopic (exact) mass is 303 g/mol. The van der Waals surface area contributed by atoms with Crippen LogP contribution in [0.2, 0.25) is 0 Å². The van der Waals surface area contributed by atoms with Crippen molar-refractivity contribution in [3.8, 4) is 6.07 Å². The molecule has 4 heteroatoms. The molecule has 92 valence electrons. The SMILES string of the molecule is Cc1nc(CCc2ccccc2Br)c(C#N)n1C. The predicted molar refractivity (Wildman–Crippen MR) is 74.2 cm³/mol. The van der Waals surface area contributed by atoms with Crippen LogP contribution >= 0.6 is 15.9 Å². The van der Waals surface area contributed by atoms with E-state index in [0.29, 0.717) is 5.69 Å². The number of nitrogens with zero attached hydrogens (tertiary/aromatic N) is 3. The molecule has 0 unspecified atom stereocenters. The molecule has 0 spiro atoms. The van der Waals surface area contributed by atoms with E-state index in [1.807, 2.05) is 36.7 Å². The topological polar surface area (TPSA) is 41.6 Å². The van der Waals surface area contributed by atoms with Gasteiger partial charge in [0.25, 0.3) is 0 Å². The molecule has 1 heterocycles. The molecule has 1 aromatic carbocycles. The number of halogens is 1. The van der Waals surface area contributed by atoms with Crippen LogP contribution in [0.15, 0.2) is 28.7 Å². The number of aryl methyl sites for hydroxylation is 3. The van der Waals surface area contributed by atoms with Crippen LogP contribution in [0.1, 0.15) is 22.8 Å². The van der Waals surface area contributed by atoms with Gasteiger partial charge in [0.05, 0.1) is 5.69 Å². The summed E-state index contributed by atoms with van der Waals surface area (Å²) in [5, 5.41) is 9.14. The highest BCUT2D eigenvalue weighted by atomic mass is 79.9. The number of rotatable bonds is 3. The van der Waals surface area contributed by atoms with Crippen molar-refractivity contribution in [1.82, 2.24) is 9.55 Å². The lowest BCUT2D eigenvalue weighted by atomic mass is 10.1. The number of nitriles is 1. The van der Waals surface area contributed by atoms with Gasteiger partial charge in [-0.25, -0.2) is 4.98 Å². The first-order valence-electron chi connectivity index (χ1n) is 5.79. The van der Waals surface area contributed by atoms with Gasteiger partial charge in [-0.15, -0.1) is 0 Å². The zero-order valence-electron chi connectivity index (χ0n) is 10.4. The maximum atomic E-state index is 9.14. The Labute approximate surface area is 115 Å². The zero-order chi connectivity index (χ0) is 13.1. The van der Waals surface area contributed by atoms with E-state index in [9.17, 15) is 0 Å². The van der Waals surface area contributed by atoms with Crippen LogP contribution in [0.4, 0.5) is 0 Å². The molecule has 1 aromatic heterocycles. The highest BCUT2D eigenvalue weighted by Crippen LogP contribution is 2.19. The Kier molecular flexibility index (Phi) is 3.83. The number of imidazole rings is 1. The third kappa shape index (κ3) is 2.46. The predicted octanol–water partition coefficient (Wildman–Crippen LogP) is 3.15. The molecule has 0 aliphatic carbocycles. The van der Waals surface area contributed by atoms with E-state index in [1.165, 1.54) is 5.56 Å². The molecule has 0 aliphatic rings. The minimum absolute atomic E-state index is 0.666. The van der Waals surface area contributed by atoms with Crippen LogP contribution in [-0.4, -0.2) is 9.55 Å². The molecular weight excluding hydrogens is 290 g/mol. The first-order chi connectivity index (χ1) is 8.63. The fraction of sp³-hybridized carbons (Fsp3) is 0.286. The number of aromatic nitrogens is 2. The first kappa shape index (κ1) is 12.8. The van der Waals surface area contributed by atoms with Gasteiger partial charge in [-0.1, -0.05) is 34.1 Å². The molecule has 0 saturated heterocycles. The molecule has 2 aromatic rings. The summed E-state index contributed by atoms with van der Waals surface area (Å²) >= 11 is 3.53. The van der Waals surface area contributed by atoms with E-state index in [0.717, 1.165) is 28.8 Å². The van der Waals surface area contributed by atoms with Crippen molar-refractivity contribution in [2.24, 2.45) is 7.05 Å². The first-order valence-corrected chi connectivity index (χ1v) is 6.58. The molecule has 0 bridgehead atoms. The highest BCUT2D eigenvalue weighted by molar-refractivity contribution is 9.10. The van der Waals surface area contributed by atoms with Gasteiger partial charge in [-0.2, -0.15) is 5.26 Å². The van der Waals surface area contributed by atoms with Gasteiger partial charge in [-0.05, 0) is 31.4 Å². The van der Waals surface area contributed by atoms with E-state index in [2.05, 4.69) is 33.0 Å².